The maximum absolute atomic E-state index is 10.8. The molecule has 4 nitrogen and oxygen atoms in total. The monoisotopic (exact) mass is 237 g/mol. The molecule has 0 aliphatic heterocycles. The van der Waals surface area contributed by atoms with Crippen LogP contribution < -0.4 is 5.32 Å². The summed E-state index contributed by atoms with van der Waals surface area (Å²) in [6.07, 6.45) is 1.08. The third-order valence-electron chi connectivity index (χ3n) is 1.59. The highest BCUT2D eigenvalue weighted by atomic mass is 32.2. The molecule has 0 saturated carbocycles. The Bertz CT molecular complexity index is 412. The summed E-state index contributed by atoms with van der Waals surface area (Å²) in [6, 6.07) is 7.14. The molecule has 0 fully saturated rings. The van der Waals surface area contributed by atoms with Gasteiger partial charge in [-0.3, -0.25) is 4.79 Å². The van der Waals surface area contributed by atoms with Crippen LogP contribution in [-0.2, 0) is 9.59 Å². The van der Waals surface area contributed by atoms with Gasteiger partial charge in [-0.25, -0.2) is 4.79 Å². The molecular formula is C11H11NO3S. The largest absolute Gasteiger partial charge is 0.478 e. The predicted molar refractivity (Wildman–Crippen MR) is 63.4 cm³/mol. The summed E-state index contributed by atoms with van der Waals surface area (Å²) in [6.45, 7) is 1.44. The zero-order valence-corrected chi connectivity index (χ0v) is 9.45. The lowest BCUT2D eigenvalue weighted by molar-refractivity contribution is -0.131. The van der Waals surface area contributed by atoms with Crippen LogP contribution in [0.25, 0.3) is 0 Å². The van der Waals surface area contributed by atoms with Crippen LogP contribution >= 0.6 is 11.8 Å². The van der Waals surface area contributed by atoms with E-state index in [4.69, 9.17) is 5.11 Å². The Hall–Kier alpha value is -1.75. The highest BCUT2D eigenvalue weighted by molar-refractivity contribution is 8.02. The Kier molecular flexibility index (Phi) is 4.60. The molecule has 16 heavy (non-hydrogen) atoms. The van der Waals surface area contributed by atoms with Crippen LogP contribution in [0.2, 0.25) is 0 Å². The molecule has 0 aliphatic rings. The van der Waals surface area contributed by atoms with Crippen molar-refractivity contribution in [2.24, 2.45) is 0 Å². The van der Waals surface area contributed by atoms with Crippen molar-refractivity contribution in [2.75, 3.05) is 5.32 Å². The lowest BCUT2D eigenvalue weighted by Gasteiger charge is -2.02. The molecule has 1 aromatic rings. The molecule has 0 radical (unpaired) electrons. The Morgan fingerprint density at radius 3 is 2.44 bits per heavy atom. The average Bonchev–Trinajstić information content (AvgIpc) is 2.19. The number of rotatable bonds is 4. The van der Waals surface area contributed by atoms with Crippen molar-refractivity contribution in [3.8, 4) is 0 Å². The topological polar surface area (TPSA) is 66.4 Å². The Morgan fingerprint density at radius 1 is 1.31 bits per heavy atom. The van der Waals surface area contributed by atoms with Crippen LogP contribution in [0, 0.1) is 0 Å². The van der Waals surface area contributed by atoms with Crippen LogP contribution in [0.15, 0.2) is 40.6 Å². The first kappa shape index (κ1) is 12.3. The molecule has 0 atom stereocenters. The molecule has 0 unspecified atom stereocenters. The summed E-state index contributed by atoms with van der Waals surface area (Å²) in [5.74, 6) is -1.09. The van der Waals surface area contributed by atoms with Gasteiger partial charge in [-0.1, -0.05) is 11.8 Å². The first-order chi connectivity index (χ1) is 7.58. The fraction of sp³-hybridized carbons (Fsp3) is 0.0909. The van der Waals surface area contributed by atoms with Gasteiger partial charge in [0.05, 0.1) is 0 Å². The number of anilines is 1. The van der Waals surface area contributed by atoms with Crippen LogP contribution in [0.4, 0.5) is 5.69 Å². The number of carboxylic acids is 1. The molecule has 0 saturated heterocycles. The first-order valence-electron chi connectivity index (χ1n) is 4.52. The number of carbonyl (C=O) groups excluding carboxylic acids is 1. The van der Waals surface area contributed by atoms with Gasteiger partial charge in [0.15, 0.2) is 0 Å². The van der Waals surface area contributed by atoms with Crippen LogP contribution in [-0.4, -0.2) is 17.0 Å². The van der Waals surface area contributed by atoms with Gasteiger partial charge in [-0.15, -0.1) is 0 Å². The third kappa shape index (κ3) is 4.65. The van der Waals surface area contributed by atoms with Crippen LogP contribution in [0.3, 0.4) is 0 Å². The average molecular weight is 237 g/mol. The van der Waals surface area contributed by atoms with E-state index in [9.17, 15) is 9.59 Å². The molecule has 84 valence electrons. The van der Waals surface area contributed by atoms with Gasteiger partial charge in [0.1, 0.15) is 0 Å². The summed E-state index contributed by atoms with van der Waals surface area (Å²) in [5, 5.41) is 12.5. The van der Waals surface area contributed by atoms with E-state index in [1.807, 2.05) is 12.1 Å². The maximum atomic E-state index is 10.8. The van der Waals surface area contributed by atoms with E-state index in [1.165, 1.54) is 24.1 Å². The highest BCUT2D eigenvalue weighted by Crippen LogP contribution is 2.21. The minimum Gasteiger partial charge on any atom is -0.478 e. The van der Waals surface area contributed by atoms with Crippen molar-refractivity contribution in [2.45, 2.75) is 11.8 Å². The second-order valence-corrected chi connectivity index (χ2v) is 3.94. The van der Waals surface area contributed by atoms with Crippen molar-refractivity contribution >= 4 is 29.3 Å². The summed E-state index contributed by atoms with van der Waals surface area (Å²) < 4.78 is 0. The normalized spacial score (nSPS) is 10.3. The van der Waals surface area contributed by atoms with E-state index in [2.05, 4.69) is 5.32 Å². The summed E-state index contributed by atoms with van der Waals surface area (Å²) in [7, 11) is 0. The smallest absolute Gasteiger partial charge is 0.328 e. The molecule has 1 amide bonds. The minimum atomic E-state index is -0.970. The van der Waals surface area contributed by atoms with E-state index < -0.39 is 5.97 Å². The van der Waals surface area contributed by atoms with Gasteiger partial charge >= 0.3 is 5.97 Å². The minimum absolute atomic E-state index is 0.119. The van der Waals surface area contributed by atoms with E-state index in [-0.39, 0.29) is 5.91 Å². The number of thioether (sulfide) groups is 1. The molecule has 0 spiro atoms. The molecular weight excluding hydrogens is 226 g/mol. The van der Waals surface area contributed by atoms with Crippen molar-refractivity contribution < 1.29 is 14.7 Å². The van der Waals surface area contributed by atoms with Crippen molar-refractivity contribution in [3.05, 3.63) is 35.7 Å². The number of aliphatic carboxylic acids is 1. The van der Waals surface area contributed by atoms with E-state index in [0.29, 0.717) is 0 Å². The number of hydrogen-bond donors (Lipinski definition) is 2. The second-order valence-electron chi connectivity index (χ2n) is 2.96. The number of amides is 1. The molecule has 5 heteroatoms. The highest BCUT2D eigenvalue weighted by Gasteiger charge is 1.95. The van der Waals surface area contributed by atoms with Crippen molar-refractivity contribution in [1.29, 1.82) is 0 Å². The van der Waals surface area contributed by atoms with Gasteiger partial charge in [-0.2, -0.15) is 0 Å². The Balaban J connectivity index is 2.57. The first-order valence-corrected chi connectivity index (χ1v) is 5.39. The number of carboxylic acid groups (broad SMARTS) is 1. The number of hydrogen-bond acceptors (Lipinski definition) is 3. The van der Waals surface area contributed by atoms with Gasteiger partial charge in [0, 0.05) is 23.6 Å². The van der Waals surface area contributed by atoms with Crippen molar-refractivity contribution in [1.82, 2.24) is 0 Å². The molecule has 1 rings (SSSR count). The molecule has 2 N–H and O–H groups in total. The molecule has 1 aromatic carbocycles. The van der Waals surface area contributed by atoms with Gasteiger partial charge in [0.2, 0.25) is 5.91 Å². The van der Waals surface area contributed by atoms with E-state index in [0.717, 1.165) is 16.7 Å². The fourth-order valence-corrected chi connectivity index (χ4v) is 1.63. The Labute approximate surface area is 97.4 Å². The van der Waals surface area contributed by atoms with E-state index >= 15 is 0 Å². The molecule has 0 aliphatic carbocycles. The number of nitrogens with one attached hydrogen (secondary N) is 1. The third-order valence-corrected chi connectivity index (χ3v) is 2.41. The summed E-state index contributed by atoms with van der Waals surface area (Å²) >= 11 is 1.30. The Morgan fingerprint density at radius 2 is 1.94 bits per heavy atom. The zero-order valence-electron chi connectivity index (χ0n) is 8.64. The summed E-state index contributed by atoms with van der Waals surface area (Å²) in [4.78, 5) is 21.9. The van der Waals surface area contributed by atoms with Crippen LogP contribution in [0.5, 0.6) is 0 Å². The van der Waals surface area contributed by atoms with Crippen molar-refractivity contribution in [3.63, 3.8) is 0 Å². The maximum Gasteiger partial charge on any atom is 0.328 e. The molecule has 0 bridgehead atoms. The lowest BCUT2D eigenvalue weighted by atomic mass is 10.3. The van der Waals surface area contributed by atoms with Crippen LogP contribution in [0.1, 0.15) is 6.92 Å². The number of benzene rings is 1. The standard InChI is InChI=1S/C11H11NO3S/c1-8(13)12-9-2-4-10(5-3-9)16-7-6-11(14)15/h2-7H,1H3,(H,12,13)(H,14,15). The molecule has 0 heterocycles. The number of carbonyl (C=O) groups is 2. The molecule has 0 aromatic heterocycles. The second kappa shape index (κ2) is 5.97. The zero-order chi connectivity index (χ0) is 12.0. The van der Waals surface area contributed by atoms with E-state index in [1.54, 1.807) is 12.1 Å². The quantitative estimate of drug-likeness (QED) is 0.623. The van der Waals surface area contributed by atoms with Gasteiger partial charge in [0.25, 0.3) is 0 Å². The lowest BCUT2D eigenvalue weighted by Crippen LogP contribution is -2.05. The summed E-state index contributed by atoms with van der Waals surface area (Å²) in [5.41, 5.74) is 0.721. The predicted octanol–water partition coefficient (Wildman–Crippen LogP) is 2.34. The van der Waals surface area contributed by atoms with Gasteiger partial charge < -0.3 is 10.4 Å². The fourth-order valence-electron chi connectivity index (χ4n) is 0.991. The SMILES string of the molecule is CC(=O)Nc1ccc(SC=CC(=O)O)cc1. The van der Waals surface area contributed by atoms with Gasteiger partial charge in [-0.05, 0) is 29.7 Å².